The number of nitrogens with two attached hydrogens (primary N) is 1. The highest BCUT2D eigenvalue weighted by molar-refractivity contribution is 4.95. The average molecular weight is 396 g/mol. The van der Waals surface area contributed by atoms with Crippen LogP contribution in [0.1, 0.15) is 39.0 Å². The fourth-order valence-electron chi connectivity index (χ4n) is 5.73. The van der Waals surface area contributed by atoms with Gasteiger partial charge in [0.2, 0.25) is 0 Å². The minimum atomic E-state index is -0.365. The van der Waals surface area contributed by atoms with Crippen molar-refractivity contribution in [3.05, 3.63) is 0 Å². The van der Waals surface area contributed by atoms with E-state index >= 15 is 0 Å². The molecule has 5 N–H and O–H groups in total. The Morgan fingerprint density at radius 2 is 1.89 bits per heavy atom. The van der Waals surface area contributed by atoms with Gasteiger partial charge in [-0.3, -0.25) is 9.80 Å². The van der Waals surface area contributed by atoms with Crippen molar-refractivity contribution >= 4 is 0 Å². The lowest BCUT2D eigenvalue weighted by atomic mass is 9.74. The predicted octanol–water partition coefficient (Wildman–Crippen LogP) is -0.205. The second-order valence-electron chi connectivity index (χ2n) is 9.49. The number of hydrogen-bond donors (Lipinski definition) is 4. The second kappa shape index (κ2) is 9.69. The van der Waals surface area contributed by atoms with Crippen molar-refractivity contribution in [1.82, 2.24) is 20.4 Å². The van der Waals surface area contributed by atoms with E-state index in [1.807, 2.05) is 0 Å². The van der Waals surface area contributed by atoms with Gasteiger partial charge in [-0.2, -0.15) is 0 Å². The van der Waals surface area contributed by atoms with Gasteiger partial charge >= 0.3 is 0 Å². The summed E-state index contributed by atoms with van der Waals surface area (Å²) in [5.41, 5.74) is 6.47. The molecule has 0 aromatic heterocycles. The summed E-state index contributed by atoms with van der Waals surface area (Å²) in [4.78, 5) is 4.78. The Hall–Kier alpha value is -0.280. The Bertz CT molecular complexity index is 475. The molecule has 162 valence electrons. The van der Waals surface area contributed by atoms with E-state index in [1.165, 1.54) is 25.7 Å². The Kier molecular flexibility index (Phi) is 7.25. The van der Waals surface area contributed by atoms with Gasteiger partial charge < -0.3 is 26.2 Å². The summed E-state index contributed by atoms with van der Waals surface area (Å²) >= 11 is 0. The fraction of sp³-hybridized carbons (Fsp3) is 1.00. The second-order valence-corrected chi connectivity index (χ2v) is 9.49. The normalized spacial score (nSPS) is 40.2. The maximum atomic E-state index is 10.9. The fourth-order valence-corrected chi connectivity index (χ4v) is 5.73. The van der Waals surface area contributed by atoms with Gasteiger partial charge in [0.15, 0.2) is 0 Å². The molecule has 4 aliphatic rings. The summed E-state index contributed by atoms with van der Waals surface area (Å²) in [6.45, 7) is 9.98. The molecule has 7 heteroatoms. The molecular formula is C21H41N5O2. The van der Waals surface area contributed by atoms with Crippen molar-refractivity contribution < 1.29 is 9.84 Å². The quantitative estimate of drug-likeness (QED) is 0.495. The summed E-state index contributed by atoms with van der Waals surface area (Å²) in [6, 6.07) is 1.71. The lowest BCUT2D eigenvalue weighted by Gasteiger charge is -2.47. The molecule has 0 aliphatic carbocycles. The largest absolute Gasteiger partial charge is 0.378 e. The molecule has 4 heterocycles. The number of nitrogens with one attached hydrogen (secondary N) is 2. The highest BCUT2D eigenvalue weighted by Crippen LogP contribution is 2.32. The molecule has 0 amide bonds. The number of nitrogens with zero attached hydrogens (tertiary/aromatic N) is 2. The predicted molar refractivity (Wildman–Crippen MR) is 111 cm³/mol. The van der Waals surface area contributed by atoms with Crippen LogP contribution in [0.4, 0.5) is 0 Å². The van der Waals surface area contributed by atoms with E-state index in [2.05, 4.69) is 27.4 Å². The SMILES string of the molecule is CCCC1CC(C2CCC(C(O)N3CCN(C4COC4)CC3)NC2)C(N)CN1. The number of piperidine rings is 2. The molecule has 6 unspecified atom stereocenters. The van der Waals surface area contributed by atoms with Crippen LogP contribution < -0.4 is 16.4 Å². The third-order valence-electron chi connectivity index (χ3n) is 7.70. The van der Waals surface area contributed by atoms with Gasteiger partial charge in [-0.05, 0) is 44.1 Å². The zero-order valence-electron chi connectivity index (χ0n) is 17.6. The van der Waals surface area contributed by atoms with E-state index in [-0.39, 0.29) is 18.3 Å². The molecule has 0 bridgehead atoms. The number of piperazine rings is 1. The molecule has 28 heavy (non-hydrogen) atoms. The van der Waals surface area contributed by atoms with E-state index in [0.717, 1.165) is 58.9 Å². The van der Waals surface area contributed by atoms with Crippen molar-refractivity contribution in [1.29, 1.82) is 0 Å². The van der Waals surface area contributed by atoms with Crippen LogP contribution >= 0.6 is 0 Å². The molecule has 4 aliphatic heterocycles. The smallest absolute Gasteiger partial charge is 0.122 e. The first kappa shape index (κ1) is 21.0. The highest BCUT2D eigenvalue weighted by atomic mass is 16.5. The maximum absolute atomic E-state index is 10.9. The lowest BCUT2D eigenvalue weighted by molar-refractivity contribution is -0.102. The summed E-state index contributed by atoms with van der Waals surface area (Å²) in [7, 11) is 0. The minimum absolute atomic E-state index is 0.194. The monoisotopic (exact) mass is 395 g/mol. The van der Waals surface area contributed by atoms with Crippen LogP contribution in [0, 0.1) is 11.8 Å². The van der Waals surface area contributed by atoms with Gasteiger partial charge in [0.25, 0.3) is 0 Å². The molecule has 4 rings (SSSR count). The molecule has 4 saturated heterocycles. The van der Waals surface area contributed by atoms with Gasteiger partial charge in [-0.1, -0.05) is 13.3 Å². The van der Waals surface area contributed by atoms with Crippen LogP contribution in [0.5, 0.6) is 0 Å². The van der Waals surface area contributed by atoms with Crippen LogP contribution in [-0.2, 0) is 4.74 Å². The van der Waals surface area contributed by atoms with Crippen LogP contribution in [0.3, 0.4) is 0 Å². The molecule has 0 radical (unpaired) electrons. The van der Waals surface area contributed by atoms with Crippen LogP contribution in [-0.4, -0.2) is 97.8 Å². The molecule has 6 atom stereocenters. The Balaban J connectivity index is 1.22. The van der Waals surface area contributed by atoms with Crippen LogP contribution in [0.25, 0.3) is 0 Å². The molecule has 0 aromatic carbocycles. The van der Waals surface area contributed by atoms with Crippen molar-refractivity contribution in [3.8, 4) is 0 Å². The van der Waals surface area contributed by atoms with E-state index in [4.69, 9.17) is 10.5 Å². The first-order valence-corrected chi connectivity index (χ1v) is 11.6. The van der Waals surface area contributed by atoms with Gasteiger partial charge in [0.1, 0.15) is 6.23 Å². The number of aliphatic hydroxyl groups is 1. The zero-order valence-corrected chi connectivity index (χ0v) is 17.6. The van der Waals surface area contributed by atoms with E-state index in [9.17, 15) is 5.11 Å². The van der Waals surface area contributed by atoms with E-state index in [0.29, 0.717) is 23.9 Å². The Morgan fingerprint density at radius 1 is 1.11 bits per heavy atom. The highest BCUT2D eigenvalue weighted by Gasteiger charge is 2.38. The van der Waals surface area contributed by atoms with Gasteiger partial charge in [0, 0.05) is 50.8 Å². The molecule has 4 fully saturated rings. The topological polar surface area (TPSA) is 86.0 Å². The zero-order chi connectivity index (χ0) is 19.5. The van der Waals surface area contributed by atoms with Gasteiger partial charge in [0.05, 0.1) is 19.3 Å². The molecular weight excluding hydrogens is 354 g/mol. The van der Waals surface area contributed by atoms with E-state index in [1.54, 1.807) is 0 Å². The number of ether oxygens (including phenoxy) is 1. The van der Waals surface area contributed by atoms with Crippen molar-refractivity contribution in [3.63, 3.8) is 0 Å². The third-order valence-corrected chi connectivity index (χ3v) is 7.70. The van der Waals surface area contributed by atoms with Crippen molar-refractivity contribution in [2.75, 3.05) is 52.5 Å². The third kappa shape index (κ3) is 4.72. The first-order valence-electron chi connectivity index (χ1n) is 11.6. The minimum Gasteiger partial charge on any atom is -0.378 e. The van der Waals surface area contributed by atoms with E-state index < -0.39 is 0 Å². The summed E-state index contributed by atoms with van der Waals surface area (Å²) in [6.07, 6.45) is 5.57. The number of rotatable bonds is 6. The van der Waals surface area contributed by atoms with Crippen LogP contribution in [0.2, 0.25) is 0 Å². The summed E-state index contributed by atoms with van der Waals surface area (Å²) in [5, 5.41) is 18.3. The van der Waals surface area contributed by atoms with Gasteiger partial charge in [-0.25, -0.2) is 0 Å². The van der Waals surface area contributed by atoms with Crippen molar-refractivity contribution in [2.24, 2.45) is 17.6 Å². The van der Waals surface area contributed by atoms with Crippen molar-refractivity contribution in [2.45, 2.75) is 69.4 Å². The lowest BCUT2D eigenvalue weighted by Crippen LogP contribution is -2.62. The standard InChI is InChI=1S/C21H41N5O2/c1-2-3-16-10-18(19(22)12-23-16)15-4-5-20(24-11-15)21(27)26-8-6-25(7-9-26)17-13-28-14-17/h15-21,23-24,27H,2-14,22H2,1H3. The summed E-state index contributed by atoms with van der Waals surface area (Å²) in [5.74, 6) is 1.26. The Morgan fingerprint density at radius 3 is 2.50 bits per heavy atom. The van der Waals surface area contributed by atoms with Crippen LogP contribution in [0.15, 0.2) is 0 Å². The Labute approximate surface area is 170 Å². The summed E-state index contributed by atoms with van der Waals surface area (Å²) < 4.78 is 5.32. The molecule has 7 nitrogen and oxygen atoms in total. The van der Waals surface area contributed by atoms with Gasteiger partial charge in [-0.15, -0.1) is 0 Å². The molecule has 0 spiro atoms. The molecule has 0 aromatic rings. The number of hydrogen-bond acceptors (Lipinski definition) is 7. The number of aliphatic hydroxyl groups excluding tert-OH is 1. The average Bonchev–Trinajstić information content (AvgIpc) is 2.69. The first-order chi connectivity index (χ1) is 13.7. The molecule has 0 saturated carbocycles. The maximum Gasteiger partial charge on any atom is 0.122 e.